The predicted molar refractivity (Wildman–Crippen MR) is 66.5 cm³/mol. The molecule has 0 bridgehead atoms. The molecule has 1 aliphatic rings. The Hall–Kier alpha value is -0.900. The van der Waals surface area contributed by atoms with E-state index in [4.69, 9.17) is 0 Å². The Morgan fingerprint density at radius 3 is 2.81 bits per heavy atom. The maximum absolute atomic E-state index is 4.35. The van der Waals surface area contributed by atoms with E-state index in [9.17, 15) is 0 Å². The molecule has 0 saturated heterocycles. The van der Waals surface area contributed by atoms with E-state index in [1.54, 1.807) is 0 Å². The summed E-state index contributed by atoms with van der Waals surface area (Å²) in [7, 11) is 0. The van der Waals surface area contributed by atoms with Crippen molar-refractivity contribution in [3.63, 3.8) is 0 Å². The topological polar surface area (TPSA) is 30.2 Å². The molecule has 0 amide bonds. The molecule has 16 heavy (non-hydrogen) atoms. The summed E-state index contributed by atoms with van der Waals surface area (Å²) in [5, 5.41) is 8.59. The van der Waals surface area contributed by atoms with Crippen molar-refractivity contribution >= 4 is 21.6 Å². The summed E-state index contributed by atoms with van der Waals surface area (Å²) in [5.74, 6) is 1.74. The number of aromatic nitrogens is 3. The Kier molecular flexibility index (Phi) is 2.67. The van der Waals surface area contributed by atoms with Crippen LogP contribution < -0.4 is 0 Å². The van der Waals surface area contributed by atoms with E-state index in [-0.39, 0.29) is 0 Å². The van der Waals surface area contributed by atoms with Gasteiger partial charge in [0.1, 0.15) is 5.82 Å². The van der Waals surface area contributed by atoms with Gasteiger partial charge in [-0.05, 0) is 25.0 Å². The third-order valence-corrected chi connectivity index (χ3v) is 3.86. The number of halogens is 1. The Labute approximate surface area is 103 Å². The monoisotopic (exact) mass is 279 g/mol. The van der Waals surface area contributed by atoms with Gasteiger partial charge in [0.2, 0.25) is 0 Å². The fraction of sp³-hybridized carbons (Fsp3) is 0.500. The van der Waals surface area contributed by atoms with E-state index >= 15 is 0 Å². The minimum Gasteiger partial charge on any atom is -0.286 e. The number of nitrogens with zero attached hydrogens (tertiary/aromatic N) is 3. The summed E-state index contributed by atoms with van der Waals surface area (Å²) >= 11 is 3.46. The van der Waals surface area contributed by atoms with Gasteiger partial charge in [-0.3, -0.25) is 4.40 Å². The summed E-state index contributed by atoms with van der Waals surface area (Å²) in [6.07, 6.45) is 8.61. The highest BCUT2D eigenvalue weighted by atomic mass is 79.9. The molecule has 3 nitrogen and oxygen atoms in total. The molecule has 1 fully saturated rings. The van der Waals surface area contributed by atoms with Gasteiger partial charge in [0.15, 0.2) is 5.65 Å². The van der Waals surface area contributed by atoms with Crippen LogP contribution in [0.2, 0.25) is 0 Å². The van der Waals surface area contributed by atoms with Crippen LogP contribution in [0, 0.1) is 0 Å². The van der Waals surface area contributed by atoms with Crippen LogP contribution in [-0.4, -0.2) is 14.6 Å². The van der Waals surface area contributed by atoms with Crippen LogP contribution in [0.25, 0.3) is 5.65 Å². The molecule has 1 saturated carbocycles. The van der Waals surface area contributed by atoms with Gasteiger partial charge in [0.25, 0.3) is 0 Å². The number of rotatable bonds is 1. The van der Waals surface area contributed by atoms with Gasteiger partial charge in [0, 0.05) is 16.6 Å². The van der Waals surface area contributed by atoms with Crippen molar-refractivity contribution in [3.05, 3.63) is 28.6 Å². The lowest BCUT2D eigenvalue weighted by atomic mass is 9.89. The molecule has 0 spiro atoms. The van der Waals surface area contributed by atoms with E-state index in [1.807, 2.05) is 12.1 Å². The zero-order chi connectivity index (χ0) is 11.0. The first-order valence-corrected chi connectivity index (χ1v) is 6.64. The minimum absolute atomic E-state index is 0.602. The lowest BCUT2D eigenvalue weighted by Crippen LogP contribution is -2.08. The van der Waals surface area contributed by atoms with Gasteiger partial charge in [-0.25, -0.2) is 0 Å². The summed E-state index contributed by atoms with van der Waals surface area (Å²) in [6, 6.07) is 4.06. The van der Waals surface area contributed by atoms with Crippen molar-refractivity contribution in [1.82, 2.24) is 14.6 Å². The molecule has 2 aromatic heterocycles. The van der Waals surface area contributed by atoms with Gasteiger partial charge in [-0.2, -0.15) is 0 Å². The van der Waals surface area contributed by atoms with Crippen molar-refractivity contribution in [2.45, 2.75) is 38.0 Å². The van der Waals surface area contributed by atoms with Gasteiger partial charge in [0.05, 0.1) is 0 Å². The third-order valence-electron chi connectivity index (χ3n) is 3.37. The fourth-order valence-electron chi connectivity index (χ4n) is 2.52. The Morgan fingerprint density at radius 2 is 2.00 bits per heavy atom. The van der Waals surface area contributed by atoms with Gasteiger partial charge >= 0.3 is 0 Å². The van der Waals surface area contributed by atoms with Crippen molar-refractivity contribution in [2.75, 3.05) is 0 Å². The third kappa shape index (κ3) is 1.75. The van der Waals surface area contributed by atoms with Crippen LogP contribution in [0.5, 0.6) is 0 Å². The summed E-state index contributed by atoms with van der Waals surface area (Å²) in [5.41, 5.74) is 0.940. The first kappa shape index (κ1) is 10.3. The molecule has 4 heteroatoms. The quantitative estimate of drug-likeness (QED) is 0.799. The first-order chi connectivity index (χ1) is 7.84. The van der Waals surface area contributed by atoms with Crippen LogP contribution >= 0.6 is 15.9 Å². The molecule has 0 aliphatic heterocycles. The van der Waals surface area contributed by atoms with Crippen LogP contribution in [0.4, 0.5) is 0 Å². The van der Waals surface area contributed by atoms with Gasteiger partial charge in [-0.1, -0.05) is 35.2 Å². The fourth-order valence-corrected chi connectivity index (χ4v) is 2.85. The SMILES string of the molecule is Brc1ccn2c(C3CCCCC3)nnc2c1. The second-order valence-electron chi connectivity index (χ2n) is 4.47. The van der Waals surface area contributed by atoms with Crippen molar-refractivity contribution in [1.29, 1.82) is 0 Å². The number of pyridine rings is 1. The smallest absolute Gasteiger partial charge is 0.161 e. The maximum Gasteiger partial charge on any atom is 0.161 e. The number of hydrogen-bond acceptors (Lipinski definition) is 2. The first-order valence-electron chi connectivity index (χ1n) is 5.85. The van der Waals surface area contributed by atoms with E-state index in [0.29, 0.717) is 5.92 Å². The second kappa shape index (κ2) is 4.17. The molecule has 0 atom stereocenters. The van der Waals surface area contributed by atoms with E-state index in [0.717, 1.165) is 15.9 Å². The van der Waals surface area contributed by atoms with Gasteiger partial charge in [-0.15, -0.1) is 10.2 Å². The second-order valence-corrected chi connectivity index (χ2v) is 5.38. The van der Waals surface area contributed by atoms with Gasteiger partial charge < -0.3 is 0 Å². The summed E-state index contributed by atoms with van der Waals surface area (Å²) in [4.78, 5) is 0. The lowest BCUT2D eigenvalue weighted by molar-refractivity contribution is 0.426. The van der Waals surface area contributed by atoms with Crippen LogP contribution in [0.3, 0.4) is 0 Å². The highest BCUT2D eigenvalue weighted by Gasteiger charge is 2.20. The summed E-state index contributed by atoms with van der Waals surface area (Å²) in [6.45, 7) is 0. The zero-order valence-electron chi connectivity index (χ0n) is 9.06. The summed E-state index contributed by atoms with van der Waals surface area (Å²) < 4.78 is 3.18. The zero-order valence-corrected chi connectivity index (χ0v) is 10.7. The number of hydrogen-bond donors (Lipinski definition) is 0. The molecular formula is C12H14BrN3. The molecule has 2 aromatic rings. The van der Waals surface area contributed by atoms with E-state index < -0.39 is 0 Å². The number of fused-ring (bicyclic) bond motifs is 1. The molecule has 0 radical (unpaired) electrons. The standard InChI is InChI=1S/C12H14BrN3/c13-10-6-7-16-11(8-10)14-15-12(16)9-4-2-1-3-5-9/h6-9H,1-5H2. The van der Waals surface area contributed by atoms with Crippen LogP contribution in [0.1, 0.15) is 43.8 Å². The van der Waals surface area contributed by atoms with Crippen molar-refractivity contribution in [2.24, 2.45) is 0 Å². The molecule has 0 aromatic carbocycles. The molecule has 0 N–H and O–H groups in total. The molecular weight excluding hydrogens is 266 g/mol. The lowest BCUT2D eigenvalue weighted by Gasteiger charge is -2.19. The molecule has 2 heterocycles. The van der Waals surface area contributed by atoms with Crippen LogP contribution in [0.15, 0.2) is 22.8 Å². The molecule has 3 rings (SSSR count). The molecule has 1 aliphatic carbocycles. The minimum atomic E-state index is 0.602. The van der Waals surface area contributed by atoms with E-state index in [1.165, 1.54) is 32.1 Å². The largest absolute Gasteiger partial charge is 0.286 e. The normalized spacial score (nSPS) is 18.1. The highest BCUT2D eigenvalue weighted by molar-refractivity contribution is 9.10. The Morgan fingerprint density at radius 1 is 1.19 bits per heavy atom. The molecule has 84 valence electrons. The Balaban J connectivity index is 2.03. The maximum atomic E-state index is 4.35. The average Bonchev–Trinajstić information content (AvgIpc) is 2.73. The van der Waals surface area contributed by atoms with Crippen molar-refractivity contribution in [3.8, 4) is 0 Å². The van der Waals surface area contributed by atoms with Crippen molar-refractivity contribution < 1.29 is 0 Å². The highest BCUT2D eigenvalue weighted by Crippen LogP contribution is 2.31. The average molecular weight is 280 g/mol. The Bertz CT molecular complexity index is 500. The van der Waals surface area contributed by atoms with E-state index in [2.05, 4.69) is 36.7 Å². The van der Waals surface area contributed by atoms with Crippen LogP contribution in [-0.2, 0) is 0 Å². The predicted octanol–water partition coefficient (Wildman–Crippen LogP) is 3.54. The molecule has 0 unspecified atom stereocenters.